The van der Waals surface area contributed by atoms with Crippen LogP contribution >= 0.6 is 0 Å². The van der Waals surface area contributed by atoms with Gasteiger partial charge in [-0.25, -0.2) is 14.5 Å². The van der Waals surface area contributed by atoms with Gasteiger partial charge in [0.15, 0.2) is 11.4 Å². The molecule has 0 aliphatic heterocycles. The van der Waals surface area contributed by atoms with E-state index < -0.39 is 10.1 Å². The van der Waals surface area contributed by atoms with E-state index in [9.17, 15) is 8.42 Å². The quantitative estimate of drug-likeness (QED) is 0.674. The van der Waals surface area contributed by atoms with Crippen molar-refractivity contribution in [3.63, 3.8) is 0 Å². The van der Waals surface area contributed by atoms with Gasteiger partial charge in [0.05, 0.1) is 12.5 Å². The Morgan fingerprint density at radius 3 is 2.74 bits per heavy atom. The zero-order chi connectivity index (χ0) is 16.4. The molecule has 1 aliphatic carbocycles. The number of fused-ring (bicyclic) bond motifs is 3. The fraction of sp³-hybridized carbons (Fsp3) is 0.357. The molecule has 0 bridgehead atoms. The molecule has 0 amide bonds. The second-order valence-electron chi connectivity index (χ2n) is 5.29. The Bertz CT molecular complexity index is 908. The van der Waals surface area contributed by atoms with Gasteiger partial charge in [0.2, 0.25) is 5.82 Å². The molecule has 3 aromatic heterocycles. The molecule has 3 aromatic rings. The van der Waals surface area contributed by atoms with Crippen LogP contribution in [0.15, 0.2) is 29.1 Å². The maximum atomic E-state index is 9.19. The van der Waals surface area contributed by atoms with Crippen LogP contribution in [0.4, 0.5) is 0 Å². The predicted molar refractivity (Wildman–Crippen MR) is 82.6 cm³/mol. The number of hydrogen-bond acceptors (Lipinski definition) is 6. The third-order valence-electron chi connectivity index (χ3n) is 3.40. The molecule has 1 N–H and O–H groups in total. The van der Waals surface area contributed by atoms with Gasteiger partial charge in [0.25, 0.3) is 10.1 Å². The minimum absolute atomic E-state index is 0.626. The fourth-order valence-corrected chi connectivity index (χ4v) is 2.52. The molecular formula is C14H16N4O4S. The second kappa shape index (κ2) is 6.09. The Morgan fingerprint density at radius 1 is 1.30 bits per heavy atom. The molecule has 8 nitrogen and oxygen atoms in total. The molecule has 0 saturated carbocycles. The van der Waals surface area contributed by atoms with Gasteiger partial charge in [-0.15, -0.1) is 5.10 Å². The molecule has 0 aromatic carbocycles. The summed E-state index contributed by atoms with van der Waals surface area (Å²) in [6.45, 7) is 0. The summed E-state index contributed by atoms with van der Waals surface area (Å²) >= 11 is 0. The normalized spacial score (nSPS) is 14.2. The molecule has 0 saturated heterocycles. The number of rotatable bonds is 1. The lowest BCUT2D eigenvalue weighted by Crippen LogP contribution is -2.08. The van der Waals surface area contributed by atoms with Crippen molar-refractivity contribution in [1.29, 1.82) is 0 Å². The van der Waals surface area contributed by atoms with E-state index in [-0.39, 0.29) is 0 Å². The van der Waals surface area contributed by atoms with Crippen molar-refractivity contribution in [2.24, 2.45) is 0 Å². The Balaban J connectivity index is 0.000000276. The first-order valence-electron chi connectivity index (χ1n) is 7.11. The van der Waals surface area contributed by atoms with Crippen LogP contribution in [0.3, 0.4) is 0 Å². The first-order chi connectivity index (χ1) is 10.9. The van der Waals surface area contributed by atoms with Crippen molar-refractivity contribution in [2.75, 3.05) is 6.26 Å². The van der Waals surface area contributed by atoms with Crippen molar-refractivity contribution < 1.29 is 17.4 Å². The minimum Gasteiger partial charge on any atom is -0.461 e. The van der Waals surface area contributed by atoms with Crippen LogP contribution in [-0.2, 0) is 23.0 Å². The molecule has 4 rings (SSSR count). The van der Waals surface area contributed by atoms with Gasteiger partial charge < -0.3 is 4.42 Å². The van der Waals surface area contributed by atoms with E-state index >= 15 is 0 Å². The number of nitrogens with zero attached hydrogens (tertiary/aromatic N) is 4. The molecule has 0 radical (unpaired) electrons. The van der Waals surface area contributed by atoms with Crippen molar-refractivity contribution in [1.82, 2.24) is 19.6 Å². The zero-order valence-electron chi connectivity index (χ0n) is 12.5. The van der Waals surface area contributed by atoms with E-state index in [1.165, 1.54) is 24.1 Å². The van der Waals surface area contributed by atoms with Crippen LogP contribution in [0.2, 0.25) is 0 Å². The SMILES string of the molecule is CS(=O)(=O)O.c1coc(-c2nc3c4c(ncn3n2)CCCC4)c1. The van der Waals surface area contributed by atoms with Crippen molar-refractivity contribution in [2.45, 2.75) is 25.7 Å². The van der Waals surface area contributed by atoms with Crippen LogP contribution in [0.25, 0.3) is 17.2 Å². The molecule has 0 atom stereocenters. The highest BCUT2D eigenvalue weighted by molar-refractivity contribution is 7.85. The van der Waals surface area contributed by atoms with Gasteiger partial charge in [-0.1, -0.05) is 0 Å². The zero-order valence-corrected chi connectivity index (χ0v) is 13.3. The molecule has 0 fully saturated rings. The van der Waals surface area contributed by atoms with Crippen LogP contribution in [0.1, 0.15) is 24.1 Å². The summed E-state index contributed by atoms with van der Waals surface area (Å²) in [6.07, 6.45) is 8.62. The van der Waals surface area contributed by atoms with Crippen molar-refractivity contribution in [3.05, 3.63) is 36.0 Å². The van der Waals surface area contributed by atoms with Crippen LogP contribution in [0.5, 0.6) is 0 Å². The van der Waals surface area contributed by atoms with E-state index in [0.29, 0.717) is 17.8 Å². The average molecular weight is 336 g/mol. The third kappa shape index (κ3) is 3.74. The Morgan fingerprint density at radius 2 is 2.04 bits per heavy atom. The highest BCUT2D eigenvalue weighted by Gasteiger charge is 2.18. The summed E-state index contributed by atoms with van der Waals surface area (Å²) < 4.78 is 33.0. The second-order valence-corrected chi connectivity index (χ2v) is 6.76. The monoisotopic (exact) mass is 336 g/mol. The summed E-state index contributed by atoms with van der Waals surface area (Å²) in [5.74, 6) is 1.32. The lowest BCUT2D eigenvalue weighted by Gasteiger charge is -2.13. The van der Waals surface area contributed by atoms with Crippen LogP contribution in [0, 0.1) is 0 Å². The molecule has 122 valence electrons. The maximum absolute atomic E-state index is 9.19. The van der Waals surface area contributed by atoms with E-state index in [1.807, 2.05) is 12.1 Å². The standard InChI is InChI=1S/C13H12N4O.CH4O3S/c1-2-5-10-9(4-1)13-15-12(11-6-3-7-18-11)16-17(13)8-14-10;1-5(2,3)4/h3,6-8H,1-2,4-5H2;1H3,(H,2,3,4). The van der Waals surface area contributed by atoms with Gasteiger partial charge in [-0.3, -0.25) is 4.55 Å². The fourth-order valence-electron chi connectivity index (χ4n) is 2.52. The summed E-state index contributed by atoms with van der Waals surface area (Å²) in [7, 11) is -3.67. The number of hydrogen-bond donors (Lipinski definition) is 1. The molecular weight excluding hydrogens is 320 g/mol. The molecule has 0 unspecified atom stereocenters. The largest absolute Gasteiger partial charge is 0.461 e. The smallest absolute Gasteiger partial charge is 0.261 e. The highest BCUT2D eigenvalue weighted by Crippen LogP contribution is 2.24. The predicted octanol–water partition coefficient (Wildman–Crippen LogP) is 1.77. The van der Waals surface area contributed by atoms with Gasteiger partial charge in [0.1, 0.15) is 6.33 Å². The van der Waals surface area contributed by atoms with Crippen LogP contribution in [-0.4, -0.2) is 38.8 Å². The Labute approximate surface area is 132 Å². The lowest BCUT2D eigenvalue weighted by atomic mass is 9.97. The maximum Gasteiger partial charge on any atom is 0.261 e. The van der Waals surface area contributed by atoms with E-state index in [4.69, 9.17) is 8.97 Å². The minimum atomic E-state index is -3.67. The van der Waals surface area contributed by atoms with E-state index in [1.54, 1.807) is 17.1 Å². The summed E-state index contributed by atoms with van der Waals surface area (Å²) in [6, 6.07) is 3.71. The number of furan rings is 1. The first kappa shape index (κ1) is 15.6. The van der Waals surface area contributed by atoms with E-state index in [0.717, 1.165) is 18.5 Å². The van der Waals surface area contributed by atoms with Gasteiger partial charge in [-0.2, -0.15) is 8.42 Å². The summed E-state index contributed by atoms with van der Waals surface area (Å²) in [5, 5.41) is 4.41. The Kier molecular flexibility index (Phi) is 4.14. The first-order valence-corrected chi connectivity index (χ1v) is 8.96. The Hall–Kier alpha value is -2.26. The molecule has 0 spiro atoms. The van der Waals surface area contributed by atoms with Gasteiger partial charge in [-0.05, 0) is 37.8 Å². The molecule has 9 heteroatoms. The topological polar surface area (TPSA) is 111 Å². The highest BCUT2D eigenvalue weighted by atomic mass is 32.2. The molecule has 1 aliphatic rings. The number of aromatic nitrogens is 4. The van der Waals surface area contributed by atoms with E-state index in [2.05, 4.69) is 15.1 Å². The average Bonchev–Trinajstić information content (AvgIpc) is 3.14. The lowest BCUT2D eigenvalue weighted by molar-refractivity contribution is 0.490. The summed E-state index contributed by atoms with van der Waals surface area (Å²) in [5.41, 5.74) is 3.34. The third-order valence-corrected chi connectivity index (χ3v) is 3.40. The van der Waals surface area contributed by atoms with Crippen LogP contribution < -0.4 is 0 Å². The van der Waals surface area contributed by atoms with Gasteiger partial charge >= 0.3 is 0 Å². The molecule has 3 heterocycles. The number of aryl methyl sites for hydroxylation is 2. The van der Waals surface area contributed by atoms with Gasteiger partial charge in [0, 0.05) is 11.3 Å². The van der Waals surface area contributed by atoms with Crippen molar-refractivity contribution in [3.8, 4) is 11.6 Å². The molecule has 23 heavy (non-hydrogen) atoms. The van der Waals surface area contributed by atoms with Crippen molar-refractivity contribution >= 4 is 15.8 Å². The summed E-state index contributed by atoms with van der Waals surface area (Å²) in [4.78, 5) is 9.06.